The average molecular weight is 396 g/mol. The number of amides is 2. The minimum Gasteiger partial charge on any atom is -0.482 e. The Morgan fingerprint density at radius 2 is 1.76 bits per heavy atom. The number of hydrogen-bond acceptors (Lipinski definition) is 6. The number of aldehydes is 1. The van der Waals surface area contributed by atoms with Gasteiger partial charge in [-0.15, -0.1) is 0 Å². The molecular weight excluding hydrogens is 376 g/mol. The molecule has 0 aliphatic carbocycles. The summed E-state index contributed by atoms with van der Waals surface area (Å²) < 4.78 is 10.3. The van der Waals surface area contributed by atoms with Crippen molar-refractivity contribution in [3.8, 4) is 5.75 Å². The second kappa shape index (κ2) is 8.14. The Hall–Kier alpha value is -3.68. The summed E-state index contributed by atoms with van der Waals surface area (Å²) in [7, 11) is 0. The summed E-state index contributed by atoms with van der Waals surface area (Å²) in [5.41, 5.74) is 0.386. The maximum absolute atomic E-state index is 12.8. The predicted octanol–water partition coefficient (Wildman–Crippen LogP) is 2.18. The van der Waals surface area contributed by atoms with Gasteiger partial charge in [-0.25, -0.2) is 4.79 Å². The molecule has 0 atom stereocenters. The maximum atomic E-state index is 12.8. The van der Waals surface area contributed by atoms with E-state index < -0.39 is 30.6 Å². The lowest BCUT2D eigenvalue weighted by Gasteiger charge is -2.41. The largest absolute Gasteiger partial charge is 0.482 e. The number of carbonyl (C=O) groups is 4. The predicted molar refractivity (Wildman–Crippen MR) is 105 cm³/mol. The van der Waals surface area contributed by atoms with Crippen molar-refractivity contribution >= 4 is 35.4 Å². The number of para-hydroxylation sites is 2. The standard InChI is InChI=1S/C21H20N2O6/c1-21(2)20(27)22-16-5-3-4-6-17(16)23(21)18(25)12-29-19(26)13-28-15-9-7-14(11-24)8-10-15/h3-11H,12-13H2,1-2H3,(H,22,27). The second-order valence-electron chi connectivity index (χ2n) is 6.90. The van der Waals surface area contributed by atoms with Crippen LogP contribution in [0.1, 0.15) is 24.2 Å². The topological polar surface area (TPSA) is 102 Å². The lowest BCUT2D eigenvalue weighted by molar-refractivity contribution is -0.150. The normalized spacial score (nSPS) is 14.4. The molecule has 8 heteroatoms. The first-order valence-electron chi connectivity index (χ1n) is 8.90. The molecule has 0 spiro atoms. The lowest BCUT2D eigenvalue weighted by Crippen LogP contribution is -2.59. The fraction of sp³-hybridized carbons (Fsp3) is 0.238. The van der Waals surface area contributed by atoms with Crippen LogP contribution in [0.5, 0.6) is 5.75 Å². The first-order chi connectivity index (χ1) is 13.8. The van der Waals surface area contributed by atoms with Gasteiger partial charge in [0.05, 0.1) is 11.4 Å². The van der Waals surface area contributed by atoms with E-state index in [0.29, 0.717) is 29.0 Å². The van der Waals surface area contributed by atoms with Crippen molar-refractivity contribution in [1.29, 1.82) is 0 Å². The van der Waals surface area contributed by atoms with Crippen LogP contribution in [0.3, 0.4) is 0 Å². The highest BCUT2D eigenvalue weighted by molar-refractivity contribution is 6.14. The molecule has 150 valence electrons. The van der Waals surface area contributed by atoms with Gasteiger partial charge in [0.15, 0.2) is 13.2 Å². The number of rotatable bonds is 6. The molecule has 3 rings (SSSR count). The van der Waals surface area contributed by atoms with E-state index in [1.807, 2.05) is 0 Å². The molecule has 2 aromatic carbocycles. The third kappa shape index (κ3) is 4.26. The first-order valence-corrected chi connectivity index (χ1v) is 8.90. The fourth-order valence-electron chi connectivity index (χ4n) is 2.93. The van der Waals surface area contributed by atoms with E-state index >= 15 is 0 Å². The summed E-state index contributed by atoms with van der Waals surface area (Å²) in [6.45, 7) is 2.31. The van der Waals surface area contributed by atoms with Crippen molar-refractivity contribution in [2.24, 2.45) is 0 Å². The third-order valence-electron chi connectivity index (χ3n) is 4.49. The molecule has 2 amide bonds. The Kier molecular flexibility index (Phi) is 5.63. The number of ether oxygens (including phenoxy) is 2. The number of hydrogen-bond donors (Lipinski definition) is 1. The fourth-order valence-corrected chi connectivity index (χ4v) is 2.93. The Balaban J connectivity index is 1.61. The number of esters is 1. The van der Waals surface area contributed by atoms with Crippen molar-refractivity contribution in [3.05, 3.63) is 54.1 Å². The molecule has 0 saturated heterocycles. The van der Waals surface area contributed by atoms with Gasteiger partial charge >= 0.3 is 5.97 Å². The molecule has 0 fully saturated rings. The van der Waals surface area contributed by atoms with Crippen LogP contribution in [0, 0.1) is 0 Å². The summed E-state index contributed by atoms with van der Waals surface area (Å²) in [4.78, 5) is 49.1. The van der Waals surface area contributed by atoms with Crippen LogP contribution in [-0.2, 0) is 19.1 Å². The average Bonchev–Trinajstić information content (AvgIpc) is 2.71. The molecule has 29 heavy (non-hydrogen) atoms. The van der Waals surface area contributed by atoms with E-state index in [1.54, 1.807) is 62.4 Å². The highest BCUT2D eigenvalue weighted by Gasteiger charge is 2.43. The molecule has 0 saturated carbocycles. The van der Waals surface area contributed by atoms with Crippen LogP contribution in [0.25, 0.3) is 0 Å². The smallest absolute Gasteiger partial charge is 0.344 e. The molecule has 0 unspecified atom stereocenters. The zero-order valence-electron chi connectivity index (χ0n) is 16.0. The Morgan fingerprint density at radius 1 is 1.07 bits per heavy atom. The van der Waals surface area contributed by atoms with Crippen molar-refractivity contribution in [2.75, 3.05) is 23.4 Å². The van der Waals surface area contributed by atoms with Crippen LogP contribution in [-0.4, -0.2) is 42.8 Å². The number of fused-ring (bicyclic) bond motifs is 1. The summed E-state index contributed by atoms with van der Waals surface area (Å²) in [6.07, 6.45) is 0.699. The summed E-state index contributed by atoms with van der Waals surface area (Å²) >= 11 is 0. The van der Waals surface area contributed by atoms with E-state index in [9.17, 15) is 19.2 Å². The third-order valence-corrected chi connectivity index (χ3v) is 4.49. The molecule has 8 nitrogen and oxygen atoms in total. The van der Waals surface area contributed by atoms with Crippen LogP contribution >= 0.6 is 0 Å². The van der Waals surface area contributed by atoms with E-state index in [0.717, 1.165) is 0 Å². The van der Waals surface area contributed by atoms with Crippen molar-refractivity contribution < 1.29 is 28.7 Å². The lowest BCUT2D eigenvalue weighted by atomic mass is 9.96. The van der Waals surface area contributed by atoms with Crippen LogP contribution in [0.15, 0.2) is 48.5 Å². The van der Waals surface area contributed by atoms with Crippen molar-refractivity contribution in [1.82, 2.24) is 0 Å². The van der Waals surface area contributed by atoms with Crippen LogP contribution < -0.4 is 15.0 Å². The monoisotopic (exact) mass is 396 g/mol. The van der Waals surface area contributed by atoms with Gasteiger partial charge < -0.3 is 14.8 Å². The number of nitrogens with one attached hydrogen (secondary N) is 1. The molecule has 0 aromatic heterocycles. The van der Waals surface area contributed by atoms with E-state index in [4.69, 9.17) is 9.47 Å². The zero-order chi connectivity index (χ0) is 21.0. The van der Waals surface area contributed by atoms with Gasteiger partial charge in [0, 0.05) is 5.56 Å². The molecule has 2 aromatic rings. The van der Waals surface area contributed by atoms with Crippen molar-refractivity contribution in [2.45, 2.75) is 19.4 Å². The molecule has 1 aliphatic heterocycles. The molecule has 1 aliphatic rings. The SMILES string of the molecule is CC1(C)C(=O)Nc2ccccc2N1C(=O)COC(=O)COc1ccc(C=O)cc1. The van der Waals surface area contributed by atoms with Gasteiger partial charge in [0.1, 0.15) is 17.6 Å². The summed E-state index contributed by atoms with van der Waals surface area (Å²) in [6, 6.07) is 13.1. The first kappa shape index (κ1) is 20.1. The van der Waals surface area contributed by atoms with E-state index in [1.165, 1.54) is 4.90 Å². The van der Waals surface area contributed by atoms with Gasteiger partial charge in [-0.1, -0.05) is 12.1 Å². The number of nitrogens with zero attached hydrogens (tertiary/aromatic N) is 1. The summed E-state index contributed by atoms with van der Waals surface area (Å²) in [5.74, 6) is -1.20. The molecule has 0 bridgehead atoms. The zero-order valence-corrected chi connectivity index (χ0v) is 16.0. The van der Waals surface area contributed by atoms with Crippen molar-refractivity contribution in [3.63, 3.8) is 0 Å². The van der Waals surface area contributed by atoms with Gasteiger partial charge in [-0.3, -0.25) is 19.3 Å². The highest BCUT2D eigenvalue weighted by atomic mass is 16.6. The molecule has 0 radical (unpaired) electrons. The number of carbonyl (C=O) groups excluding carboxylic acids is 4. The molecule has 1 heterocycles. The highest BCUT2D eigenvalue weighted by Crippen LogP contribution is 2.36. The van der Waals surface area contributed by atoms with E-state index in [-0.39, 0.29) is 5.91 Å². The van der Waals surface area contributed by atoms with Crippen LogP contribution in [0.4, 0.5) is 11.4 Å². The quantitative estimate of drug-likeness (QED) is 0.593. The molecule has 1 N–H and O–H groups in total. The minimum absolute atomic E-state index is 0.335. The van der Waals surface area contributed by atoms with Gasteiger partial charge in [-0.2, -0.15) is 0 Å². The van der Waals surface area contributed by atoms with Gasteiger partial charge in [0.25, 0.3) is 5.91 Å². The number of anilines is 2. The Bertz CT molecular complexity index is 952. The van der Waals surface area contributed by atoms with Gasteiger partial charge in [0.2, 0.25) is 5.91 Å². The Morgan fingerprint density at radius 3 is 2.45 bits per heavy atom. The Labute approximate surface area is 167 Å². The van der Waals surface area contributed by atoms with E-state index in [2.05, 4.69) is 5.32 Å². The summed E-state index contributed by atoms with van der Waals surface area (Å²) in [5, 5.41) is 2.76. The maximum Gasteiger partial charge on any atom is 0.344 e. The minimum atomic E-state index is -1.14. The van der Waals surface area contributed by atoms with Gasteiger partial charge in [-0.05, 0) is 50.2 Å². The number of benzene rings is 2. The van der Waals surface area contributed by atoms with Crippen LogP contribution in [0.2, 0.25) is 0 Å². The second-order valence-corrected chi connectivity index (χ2v) is 6.90. The molecular formula is C21H20N2O6.